The van der Waals surface area contributed by atoms with Crippen LogP contribution in [0.25, 0.3) is 0 Å². The van der Waals surface area contributed by atoms with Crippen LogP contribution in [0.15, 0.2) is 12.1 Å². The van der Waals surface area contributed by atoms with Gasteiger partial charge < -0.3 is 10.4 Å². The van der Waals surface area contributed by atoms with Crippen LogP contribution in [0.3, 0.4) is 0 Å². The van der Waals surface area contributed by atoms with Gasteiger partial charge in [0.1, 0.15) is 11.5 Å². The van der Waals surface area contributed by atoms with E-state index < -0.39 is 28.0 Å². The lowest BCUT2D eigenvalue weighted by Crippen LogP contribution is -2.22. The number of hydrogen-bond donors (Lipinski definition) is 2. The van der Waals surface area contributed by atoms with Crippen molar-refractivity contribution in [1.82, 2.24) is 0 Å². The summed E-state index contributed by atoms with van der Waals surface area (Å²) in [6.45, 7) is 1.90. The number of thioether (sulfide) groups is 1. The zero-order valence-corrected chi connectivity index (χ0v) is 11.9. The Bertz CT molecular complexity index is 524. The molecule has 1 unspecified atom stereocenters. The van der Waals surface area contributed by atoms with Crippen molar-refractivity contribution in [1.29, 1.82) is 0 Å². The van der Waals surface area contributed by atoms with E-state index in [0.717, 1.165) is 6.07 Å². The molecule has 0 aromatic heterocycles. The standard InChI is InChI=1S/C12H15FN2O4S/c1-3-7(6-20-2)14-10-4-8(12(16)17)9(13)5-11(10)15(18)19/h4-5,7,14H,3,6H2,1-2H3,(H,16,17). The lowest BCUT2D eigenvalue weighted by Gasteiger charge is -2.17. The van der Waals surface area contributed by atoms with Gasteiger partial charge in [-0.2, -0.15) is 11.8 Å². The molecule has 0 saturated heterocycles. The maximum atomic E-state index is 13.5. The van der Waals surface area contributed by atoms with E-state index >= 15 is 0 Å². The fourth-order valence-electron chi connectivity index (χ4n) is 1.68. The molecule has 1 aromatic rings. The van der Waals surface area contributed by atoms with Crippen LogP contribution < -0.4 is 5.32 Å². The molecule has 2 N–H and O–H groups in total. The Labute approximate surface area is 119 Å². The Kier molecular flexibility index (Phi) is 5.75. The van der Waals surface area contributed by atoms with Gasteiger partial charge in [-0.15, -0.1) is 0 Å². The maximum absolute atomic E-state index is 13.5. The molecule has 0 bridgehead atoms. The highest BCUT2D eigenvalue weighted by molar-refractivity contribution is 7.98. The normalized spacial score (nSPS) is 11.9. The second-order valence-electron chi connectivity index (χ2n) is 4.12. The Morgan fingerprint density at radius 1 is 1.60 bits per heavy atom. The third kappa shape index (κ3) is 3.83. The number of halogens is 1. The SMILES string of the molecule is CCC(CSC)Nc1cc(C(=O)O)c(F)cc1[N+](=O)[O-]. The Hall–Kier alpha value is -1.83. The van der Waals surface area contributed by atoms with Crippen molar-refractivity contribution in [3.05, 3.63) is 33.6 Å². The van der Waals surface area contributed by atoms with Crippen LogP contribution in [-0.2, 0) is 0 Å². The number of carboxylic acid groups (broad SMARTS) is 1. The molecule has 110 valence electrons. The predicted octanol–water partition coefficient (Wildman–Crippen LogP) is 2.99. The lowest BCUT2D eigenvalue weighted by atomic mass is 10.1. The van der Waals surface area contributed by atoms with E-state index in [2.05, 4.69) is 5.32 Å². The average molecular weight is 302 g/mol. The summed E-state index contributed by atoms with van der Waals surface area (Å²) in [6.07, 6.45) is 2.60. The number of hydrogen-bond acceptors (Lipinski definition) is 5. The molecule has 8 heteroatoms. The minimum Gasteiger partial charge on any atom is -0.478 e. The summed E-state index contributed by atoms with van der Waals surface area (Å²) >= 11 is 1.56. The van der Waals surface area contributed by atoms with E-state index in [0.29, 0.717) is 18.2 Å². The highest BCUT2D eigenvalue weighted by Crippen LogP contribution is 2.29. The molecule has 1 rings (SSSR count). The topological polar surface area (TPSA) is 92.5 Å². The summed E-state index contributed by atoms with van der Waals surface area (Å²) in [6, 6.07) is 1.55. The smallest absolute Gasteiger partial charge is 0.338 e. The first-order valence-electron chi connectivity index (χ1n) is 5.87. The van der Waals surface area contributed by atoms with Gasteiger partial charge in [-0.25, -0.2) is 9.18 Å². The number of nitrogens with one attached hydrogen (secondary N) is 1. The Morgan fingerprint density at radius 3 is 2.70 bits per heavy atom. The summed E-state index contributed by atoms with van der Waals surface area (Å²) in [5.41, 5.74) is -1.03. The van der Waals surface area contributed by atoms with Gasteiger partial charge in [0.2, 0.25) is 0 Å². The van der Waals surface area contributed by atoms with E-state index in [9.17, 15) is 19.3 Å². The van der Waals surface area contributed by atoms with Crippen molar-refractivity contribution >= 4 is 29.1 Å². The van der Waals surface area contributed by atoms with Crippen LogP contribution in [0.1, 0.15) is 23.7 Å². The monoisotopic (exact) mass is 302 g/mol. The zero-order valence-electron chi connectivity index (χ0n) is 11.1. The summed E-state index contributed by atoms with van der Waals surface area (Å²) in [4.78, 5) is 21.1. The number of benzene rings is 1. The number of rotatable bonds is 7. The van der Waals surface area contributed by atoms with Gasteiger partial charge in [0.05, 0.1) is 16.6 Å². The number of aromatic carboxylic acids is 1. The predicted molar refractivity (Wildman–Crippen MR) is 76.1 cm³/mol. The fourth-order valence-corrected chi connectivity index (χ4v) is 2.40. The van der Waals surface area contributed by atoms with E-state index in [-0.39, 0.29) is 11.7 Å². The second kappa shape index (κ2) is 7.09. The molecular formula is C12H15FN2O4S. The van der Waals surface area contributed by atoms with Crippen molar-refractivity contribution in [3.63, 3.8) is 0 Å². The van der Waals surface area contributed by atoms with Gasteiger partial charge in [0, 0.05) is 11.8 Å². The number of nitrogens with zero attached hydrogens (tertiary/aromatic N) is 1. The number of carboxylic acids is 1. The zero-order chi connectivity index (χ0) is 15.3. The van der Waals surface area contributed by atoms with E-state index in [4.69, 9.17) is 5.11 Å². The maximum Gasteiger partial charge on any atom is 0.338 e. The van der Waals surface area contributed by atoms with Crippen molar-refractivity contribution < 1.29 is 19.2 Å². The molecule has 0 radical (unpaired) electrons. The van der Waals surface area contributed by atoms with Crippen LogP contribution in [0, 0.1) is 15.9 Å². The average Bonchev–Trinajstić information content (AvgIpc) is 2.38. The first-order valence-corrected chi connectivity index (χ1v) is 7.26. The highest BCUT2D eigenvalue weighted by Gasteiger charge is 2.22. The number of nitro groups is 1. The van der Waals surface area contributed by atoms with E-state index in [1.807, 2.05) is 13.2 Å². The van der Waals surface area contributed by atoms with Crippen molar-refractivity contribution in [2.45, 2.75) is 19.4 Å². The molecular weight excluding hydrogens is 287 g/mol. The molecule has 0 aliphatic heterocycles. The molecule has 0 amide bonds. The molecule has 0 aliphatic carbocycles. The van der Waals surface area contributed by atoms with Gasteiger partial charge in [-0.1, -0.05) is 6.92 Å². The summed E-state index contributed by atoms with van der Waals surface area (Å²) in [5.74, 6) is -1.88. The van der Waals surface area contributed by atoms with Crippen molar-refractivity contribution in [2.24, 2.45) is 0 Å². The molecule has 0 saturated carbocycles. The molecule has 0 aliphatic rings. The first-order chi connectivity index (χ1) is 9.40. The minimum absolute atomic E-state index is 0.0229. The van der Waals surface area contributed by atoms with Crippen molar-refractivity contribution in [3.8, 4) is 0 Å². The molecule has 0 heterocycles. The van der Waals surface area contributed by atoms with Gasteiger partial charge in [0.25, 0.3) is 5.69 Å². The van der Waals surface area contributed by atoms with Crippen LogP contribution in [-0.4, -0.2) is 34.0 Å². The summed E-state index contributed by atoms with van der Waals surface area (Å²) in [7, 11) is 0. The van der Waals surface area contributed by atoms with Crippen LogP contribution >= 0.6 is 11.8 Å². The lowest BCUT2D eigenvalue weighted by molar-refractivity contribution is -0.384. The van der Waals surface area contributed by atoms with E-state index in [1.54, 1.807) is 11.8 Å². The van der Waals surface area contributed by atoms with Gasteiger partial charge in [0.15, 0.2) is 0 Å². The molecule has 1 aromatic carbocycles. The third-order valence-electron chi connectivity index (χ3n) is 2.73. The quantitative estimate of drug-likeness (QED) is 0.594. The van der Waals surface area contributed by atoms with Crippen LogP contribution in [0.2, 0.25) is 0 Å². The van der Waals surface area contributed by atoms with Crippen LogP contribution in [0.4, 0.5) is 15.8 Å². The van der Waals surface area contributed by atoms with Gasteiger partial charge >= 0.3 is 5.97 Å². The van der Waals surface area contributed by atoms with E-state index in [1.165, 1.54) is 0 Å². The molecule has 1 atom stereocenters. The van der Waals surface area contributed by atoms with Gasteiger partial charge in [-0.05, 0) is 18.7 Å². The number of anilines is 1. The third-order valence-corrected chi connectivity index (χ3v) is 3.47. The minimum atomic E-state index is -1.46. The first kappa shape index (κ1) is 16.2. The van der Waals surface area contributed by atoms with Crippen LogP contribution in [0.5, 0.6) is 0 Å². The summed E-state index contributed by atoms with van der Waals surface area (Å²) in [5, 5.41) is 22.7. The molecule has 0 spiro atoms. The fraction of sp³-hybridized carbons (Fsp3) is 0.417. The number of nitro benzene ring substituents is 1. The Morgan fingerprint density at radius 2 is 2.25 bits per heavy atom. The molecule has 20 heavy (non-hydrogen) atoms. The summed E-state index contributed by atoms with van der Waals surface area (Å²) < 4.78 is 13.5. The number of carbonyl (C=O) groups is 1. The van der Waals surface area contributed by atoms with Gasteiger partial charge in [-0.3, -0.25) is 10.1 Å². The van der Waals surface area contributed by atoms with Crippen molar-refractivity contribution in [2.75, 3.05) is 17.3 Å². The Balaban J connectivity index is 3.23. The highest BCUT2D eigenvalue weighted by atomic mass is 32.2. The largest absolute Gasteiger partial charge is 0.478 e. The second-order valence-corrected chi connectivity index (χ2v) is 5.03. The molecule has 6 nitrogen and oxygen atoms in total. The molecule has 0 fully saturated rings.